The Morgan fingerprint density at radius 1 is 1.30 bits per heavy atom. The fraction of sp³-hybridized carbons (Fsp3) is 0.526. The van der Waals surface area contributed by atoms with Gasteiger partial charge in [0.05, 0.1) is 0 Å². The van der Waals surface area contributed by atoms with Crippen molar-refractivity contribution in [2.45, 2.75) is 44.6 Å². The quantitative estimate of drug-likeness (QED) is 0.730. The van der Waals surface area contributed by atoms with E-state index >= 15 is 0 Å². The van der Waals surface area contributed by atoms with Crippen molar-refractivity contribution >= 4 is 41.0 Å². The third-order valence-corrected chi connectivity index (χ3v) is 5.99. The number of nitrogens with zero attached hydrogens (tertiary/aromatic N) is 1. The molecule has 1 aliphatic carbocycles. The molecule has 146 valence electrons. The Morgan fingerprint density at radius 3 is 2.67 bits per heavy atom. The van der Waals surface area contributed by atoms with Crippen LogP contribution in [0, 0.1) is 5.92 Å². The summed E-state index contributed by atoms with van der Waals surface area (Å²) in [6.07, 6.45) is 3.59. The van der Waals surface area contributed by atoms with E-state index in [-0.39, 0.29) is 18.4 Å². The average molecular weight is 412 g/mol. The molecular weight excluding hydrogens is 389 g/mol. The number of nitrogens with one attached hydrogen (secondary N) is 2. The molecule has 6 nitrogen and oxygen atoms in total. The molecule has 0 aromatic heterocycles. The van der Waals surface area contributed by atoms with E-state index in [4.69, 9.17) is 23.2 Å². The summed E-state index contributed by atoms with van der Waals surface area (Å²) in [5.41, 5.74) is 0.0485. The number of halogens is 2. The zero-order chi connectivity index (χ0) is 19.6. The summed E-state index contributed by atoms with van der Waals surface area (Å²) < 4.78 is 0. The Morgan fingerprint density at radius 2 is 2.00 bits per heavy atom. The minimum atomic E-state index is -0.819. The molecule has 8 heteroatoms. The molecule has 27 heavy (non-hydrogen) atoms. The van der Waals surface area contributed by atoms with Crippen LogP contribution in [0.4, 0.5) is 4.79 Å². The molecule has 1 spiro atoms. The third kappa shape index (κ3) is 4.38. The van der Waals surface area contributed by atoms with Crippen LogP contribution in [0.2, 0.25) is 10.0 Å². The molecular formula is C19H23Cl2N3O3. The summed E-state index contributed by atoms with van der Waals surface area (Å²) in [4.78, 5) is 38.2. The summed E-state index contributed by atoms with van der Waals surface area (Å²) in [5.74, 6) is -0.0996. The zero-order valence-corrected chi connectivity index (χ0v) is 16.7. The van der Waals surface area contributed by atoms with Crippen molar-refractivity contribution in [2.75, 3.05) is 13.1 Å². The van der Waals surface area contributed by atoms with E-state index in [9.17, 15) is 14.4 Å². The van der Waals surface area contributed by atoms with E-state index in [0.29, 0.717) is 41.8 Å². The van der Waals surface area contributed by atoms with E-state index < -0.39 is 11.6 Å². The molecule has 1 aliphatic heterocycles. The molecule has 2 N–H and O–H groups in total. The fourth-order valence-electron chi connectivity index (χ4n) is 3.67. The number of amides is 4. The van der Waals surface area contributed by atoms with E-state index in [2.05, 4.69) is 17.6 Å². The summed E-state index contributed by atoms with van der Waals surface area (Å²) in [5, 5.41) is 6.65. The van der Waals surface area contributed by atoms with Crippen LogP contribution < -0.4 is 10.6 Å². The highest BCUT2D eigenvalue weighted by Crippen LogP contribution is 2.36. The monoisotopic (exact) mass is 411 g/mol. The van der Waals surface area contributed by atoms with Crippen LogP contribution in [0.25, 0.3) is 0 Å². The van der Waals surface area contributed by atoms with Crippen molar-refractivity contribution < 1.29 is 14.4 Å². The molecule has 1 heterocycles. The van der Waals surface area contributed by atoms with Crippen molar-refractivity contribution in [2.24, 2.45) is 5.92 Å². The molecule has 1 aromatic carbocycles. The van der Waals surface area contributed by atoms with Gasteiger partial charge in [-0.25, -0.2) is 4.79 Å². The highest BCUT2D eigenvalue weighted by Gasteiger charge is 2.52. The Bertz CT molecular complexity index is 761. The van der Waals surface area contributed by atoms with Crippen LogP contribution in [0.3, 0.4) is 0 Å². The highest BCUT2D eigenvalue weighted by molar-refractivity contribution is 6.35. The smallest absolute Gasteiger partial charge is 0.325 e. The van der Waals surface area contributed by atoms with E-state index in [0.717, 1.165) is 23.3 Å². The van der Waals surface area contributed by atoms with Crippen LogP contribution in [-0.4, -0.2) is 41.4 Å². The summed E-state index contributed by atoms with van der Waals surface area (Å²) in [7, 11) is 0. The Labute approximate surface area is 168 Å². The maximum atomic E-state index is 12.7. The maximum absolute atomic E-state index is 12.7. The van der Waals surface area contributed by atoms with Gasteiger partial charge in [0.15, 0.2) is 0 Å². The summed E-state index contributed by atoms with van der Waals surface area (Å²) in [6.45, 7) is 2.23. The molecule has 2 aliphatic rings. The van der Waals surface area contributed by atoms with Crippen LogP contribution in [0.5, 0.6) is 0 Å². The fourth-order valence-corrected chi connectivity index (χ4v) is 4.18. The summed E-state index contributed by atoms with van der Waals surface area (Å²) >= 11 is 12.0. The van der Waals surface area contributed by atoms with Gasteiger partial charge in [-0.2, -0.15) is 0 Å². The molecule has 4 amide bonds. The number of hydrogen-bond donors (Lipinski definition) is 2. The average Bonchev–Trinajstić information content (AvgIpc) is 2.84. The van der Waals surface area contributed by atoms with Crippen molar-refractivity contribution in [1.29, 1.82) is 0 Å². The number of rotatable bonds is 5. The maximum Gasteiger partial charge on any atom is 0.325 e. The van der Waals surface area contributed by atoms with E-state index in [1.165, 1.54) is 0 Å². The number of benzene rings is 1. The molecule has 0 unspecified atom stereocenters. The molecule has 2 fully saturated rings. The predicted octanol–water partition coefficient (Wildman–Crippen LogP) is 3.15. The molecule has 1 saturated heterocycles. The van der Waals surface area contributed by atoms with Gasteiger partial charge < -0.3 is 10.6 Å². The normalized spacial score (nSPS) is 25.0. The Kier molecular flexibility index (Phi) is 5.96. The second-order valence-corrected chi connectivity index (χ2v) is 8.27. The standard InChI is InChI=1S/C19H23Cl2N3O3/c1-12-4-7-19(8-5-12)17(26)24(18(27)23-19)11-16(25)22-9-6-13-2-3-14(20)10-15(13)21/h2-3,10,12H,4-9,11H2,1H3,(H,22,25)(H,23,27). The number of carbonyl (C=O) groups excluding carboxylic acids is 3. The molecule has 1 saturated carbocycles. The minimum absolute atomic E-state index is 0.268. The van der Waals surface area contributed by atoms with E-state index in [1.807, 2.05) is 6.07 Å². The predicted molar refractivity (Wildman–Crippen MR) is 104 cm³/mol. The van der Waals surface area contributed by atoms with Crippen LogP contribution in [0.1, 0.15) is 38.2 Å². The largest absolute Gasteiger partial charge is 0.354 e. The second kappa shape index (κ2) is 8.07. The minimum Gasteiger partial charge on any atom is -0.354 e. The van der Waals surface area contributed by atoms with Crippen LogP contribution in [-0.2, 0) is 16.0 Å². The van der Waals surface area contributed by atoms with Gasteiger partial charge in [0.25, 0.3) is 5.91 Å². The van der Waals surface area contributed by atoms with Crippen LogP contribution in [0.15, 0.2) is 18.2 Å². The van der Waals surface area contributed by atoms with Crippen molar-refractivity contribution in [3.8, 4) is 0 Å². The Balaban J connectivity index is 1.52. The van der Waals surface area contributed by atoms with Crippen molar-refractivity contribution in [1.82, 2.24) is 15.5 Å². The van der Waals surface area contributed by atoms with Gasteiger partial charge in [0, 0.05) is 16.6 Å². The zero-order valence-electron chi connectivity index (χ0n) is 15.2. The lowest BCUT2D eigenvalue weighted by Gasteiger charge is -2.33. The first-order valence-electron chi connectivity index (χ1n) is 9.15. The Hall–Kier alpha value is -1.79. The van der Waals surface area contributed by atoms with Gasteiger partial charge in [0.1, 0.15) is 12.1 Å². The molecule has 0 atom stereocenters. The lowest BCUT2D eigenvalue weighted by Crippen LogP contribution is -2.50. The first-order valence-corrected chi connectivity index (χ1v) is 9.91. The van der Waals surface area contributed by atoms with Gasteiger partial charge in [0.2, 0.25) is 5.91 Å². The molecule has 0 bridgehead atoms. The van der Waals surface area contributed by atoms with Gasteiger partial charge in [-0.05, 0) is 55.7 Å². The van der Waals surface area contributed by atoms with Gasteiger partial charge in [-0.1, -0.05) is 36.2 Å². The third-order valence-electron chi connectivity index (χ3n) is 5.41. The molecule has 1 aromatic rings. The highest BCUT2D eigenvalue weighted by atomic mass is 35.5. The number of hydrogen-bond acceptors (Lipinski definition) is 3. The first kappa shape index (κ1) is 20.0. The SMILES string of the molecule is CC1CCC2(CC1)NC(=O)N(CC(=O)NCCc1ccc(Cl)cc1Cl)C2=O. The lowest BCUT2D eigenvalue weighted by atomic mass is 9.77. The number of carbonyl (C=O) groups is 3. The van der Waals surface area contributed by atoms with Crippen LogP contribution >= 0.6 is 23.2 Å². The first-order chi connectivity index (χ1) is 12.8. The van der Waals surface area contributed by atoms with Crippen molar-refractivity contribution in [3.63, 3.8) is 0 Å². The topological polar surface area (TPSA) is 78.5 Å². The van der Waals surface area contributed by atoms with Gasteiger partial charge in [-0.3, -0.25) is 14.5 Å². The molecule has 3 rings (SSSR count). The summed E-state index contributed by atoms with van der Waals surface area (Å²) in [6, 6.07) is 4.72. The second-order valence-electron chi connectivity index (χ2n) is 7.42. The van der Waals surface area contributed by atoms with Gasteiger partial charge in [-0.15, -0.1) is 0 Å². The number of urea groups is 1. The van der Waals surface area contributed by atoms with Gasteiger partial charge >= 0.3 is 6.03 Å². The van der Waals surface area contributed by atoms with E-state index in [1.54, 1.807) is 12.1 Å². The number of imide groups is 1. The lowest BCUT2D eigenvalue weighted by molar-refractivity contribution is -0.136. The molecule has 0 radical (unpaired) electrons. The van der Waals surface area contributed by atoms with Crippen molar-refractivity contribution in [3.05, 3.63) is 33.8 Å².